The molecule has 0 bridgehead atoms. The Bertz CT molecular complexity index is 1000. The molecule has 0 radical (unpaired) electrons. The molecule has 1 unspecified atom stereocenters. The van der Waals surface area contributed by atoms with Crippen LogP contribution in [0.4, 0.5) is 13.2 Å². The first-order valence-corrected chi connectivity index (χ1v) is 12.9. The summed E-state index contributed by atoms with van der Waals surface area (Å²) in [6.45, 7) is 4.19. The predicted octanol–water partition coefficient (Wildman–Crippen LogP) is 4.65. The third-order valence-electron chi connectivity index (χ3n) is 8.28. The summed E-state index contributed by atoms with van der Waals surface area (Å²) < 4.78 is 41.5. The van der Waals surface area contributed by atoms with E-state index in [-0.39, 0.29) is 42.7 Å². The number of rotatable bonds is 5. The highest BCUT2D eigenvalue weighted by Crippen LogP contribution is 2.36. The zero-order chi connectivity index (χ0) is 24.7. The second kappa shape index (κ2) is 9.60. The molecule has 2 saturated carbocycles. The monoisotopic (exact) mass is 489 g/mol. The number of allylic oxidation sites excluding steroid dienone is 1. The van der Waals surface area contributed by atoms with Crippen molar-refractivity contribution < 1.29 is 22.8 Å². The van der Waals surface area contributed by atoms with Gasteiger partial charge in [0, 0.05) is 42.7 Å². The SMILES string of the molecule is C=C1CCC(N2Cc3cc(C[C@H]4C[C@H](F)CC[C@@H]4NC4CCC(F)(F)CC4)ccc3C2=O)C(=O)N1. The Kier molecular flexibility index (Phi) is 6.68. The number of nitrogens with one attached hydrogen (secondary N) is 2. The summed E-state index contributed by atoms with van der Waals surface area (Å²) >= 11 is 0. The molecule has 4 atom stereocenters. The zero-order valence-corrected chi connectivity index (χ0v) is 20.0. The third-order valence-corrected chi connectivity index (χ3v) is 8.28. The number of piperidine rings is 1. The average Bonchev–Trinajstić information content (AvgIpc) is 3.12. The molecule has 0 aromatic heterocycles. The number of benzene rings is 1. The molecule has 0 spiro atoms. The van der Waals surface area contributed by atoms with E-state index in [9.17, 15) is 22.8 Å². The molecule has 1 saturated heterocycles. The van der Waals surface area contributed by atoms with Gasteiger partial charge < -0.3 is 15.5 Å². The Hall–Kier alpha value is -2.35. The molecule has 5 rings (SSSR count). The van der Waals surface area contributed by atoms with E-state index < -0.39 is 18.1 Å². The van der Waals surface area contributed by atoms with Gasteiger partial charge in [-0.25, -0.2) is 13.2 Å². The summed E-state index contributed by atoms with van der Waals surface area (Å²) in [5, 5.41) is 6.35. The van der Waals surface area contributed by atoms with Gasteiger partial charge >= 0.3 is 0 Å². The van der Waals surface area contributed by atoms with E-state index >= 15 is 0 Å². The molecule has 5 nitrogen and oxygen atoms in total. The van der Waals surface area contributed by atoms with E-state index in [0.29, 0.717) is 69.2 Å². The molecule has 2 amide bonds. The highest BCUT2D eigenvalue weighted by Gasteiger charge is 2.40. The number of nitrogens with zero attached hydrogens (tertiary/aromatic N) is 1. The topological polar surface area (TPSA) is 61.4 Å². The van der Waals surface area contributed by atoms with Crippen LogP contribution in [0.1, 0.15) is 79.3 Å². The van der Waals surface area contributed by atoms with Crippen LogP contribution >= 0.6 is 0 Å². The van der Waals surface area contributed by atoms with Crippen molar-refractivity contribution in [3.05, 3.63) is 47.2 Å². The van der Waals surface area contributed by atoms with Crippen molar-refractivity contribution >= 4 is 11.8 Å². The maximum atomic E-state index is 14.4. The van der Waals surface area contributed by atoms with Crippen LogP contribution in [0.3, 0.4) is 0 Å². The largest absolute Gasteiger partial charge is 0.329 e. The fourth-order valence-electron chi connectivity index (χ4n) is 6.30. The molecular formula is C27H34F3N3O2. The molecule has 190 valence electrons. The van der Waals surface area contributed by atoms with Gasteiger partial charge in [0.05, 0.1) is 0 Å². The lowest BCUT2D eigenvalue weighted by Crippen LogP contribution is -2.49. The van der Waals surface area contributed by atoms with E-state index in [1.165, 1.54) is 0 Å². The molecule has 1 aromatic rings. The number of amides is 2. The van der Waals surface area contributed by atoms with Crippen molar-refractivity contribution in [2.24, 2.45) is 5.92 Å². The number of halogens is 3. The van der Waals surface area contributed by atoms with Crippen LogP contribution in [0.15, 0.2) is 30.5 Å². The maximum Gasteiger partial charge on any atom is 0.255 e. The Morgan fingerprint density at radius 1 is 1.11 bits per heavy atom. The van der Waals surface area contributed by atoms with Crippen LogP contribution < -0.4 is 10.6 Å². The second-order valence-electron chi connectivity index (χ2n) is 10.8. The van der Waals surface area contributed by atoms with Crippen molar-refractivity contribution in [1.82, 2.24) is 15.5 Å². The molecule has 2 heterocycles. The Labute approximate surface area is 204 Å². The van der Waals surface area contributed by atoms with Gasteiger partial charge in [-0.15, -0.1) is 0 Å². The Balaban J connectivity index is 1.26. The van der Waals surface area contributed by atoms with Crippen molar-refractivity contribution in [1.29, 1.82) is 0 Å². The number of alkyl halides is 3. The lowest BCUT2D eigenvalue weighted by atomic mass is 9.78. The minimum absolute atomic E-state index is 0.0576. The van der Waals surface area contributed by atoms with E-state index in [0.717, 1.165) is 11.1 Å². The Morgan fingerprint density at radius 3 is 2.63 bits per heavy atom. The van der Waals surface area contributed by atoms with E-state index in [4.69, 9.17) is 0 Å². The third kappa shape index (κ3) is 5.27. The summed E-state index contributed by atoms with van der Waals surface area (Å²) in [7, 11) is 0. The van der Waals surface area contributed by atoms with Gasteiger partial charge in [-0.2, -0.15) is 0 Å². The number of fused-ring (bicyclic) bond motifs is 1. The van der Waals surface area contributed by atoms with Crippen molar-refractivity contribution in [2.45, 2.75) is 101 Å². The molecule has 2 aliphatic carbocycles. The summed E-state index contributed by atoms with van der Waals surface area (Å²) in [6.07, 6.45) is 3.44. The number of hydrogen-bond acceptors (Lipinski definition) is 3. The lowest BCUT2D eigenvalue weighted by Gasteiger charge is -2.38. The standard InChI is InChI=1S/C27H34F3N3O2/c1-16-2-7-24(25(34)31-16)33-15-19-13-17(3-5-22(19)26(33)35)12-18-14-20(28)4-6-23(18)32-21-8-10-27(29,30)11-9-21/h3,5,13,18,20-21,23-24,32H,1-2,4,6-12,14-15H2,(H,31,34)/t18-,20+,23-,24?/m0/s1. The zero-order valence-electron chi connectivity index (χ0n) is 20.0. The highest BCUT2D eigenvalue weighted by atomic mass is 19.3. The summed E-state index contributed by atoms with van der Waals surface area (Å²) in [5.41, 5.74) is 3.24. The molecule has 3 fully saturated rings. The van der Waals surface area contributed by atoms with Gasteiger partial charge in [-0.3, -0.25) is 9.59 Å². The van der Waals surface area contributed by atoms with Crippen LogP contribution in [0.25, 0.3) is 0 Å². The van der Waals surface area contributed by atoms with Gasteiger partial charge in [-0.1, -0.05) is 18.7 Å². The lowest BCUT2D eigenvalue weighted by molar-refractivity contribution is -0.126. The quantitative estimate of drug-likeness (QED) is 0.633. The molecule has 1 aromatic carbocycles. The highest BCUT2D eigenvalue weighted by molar-refractivity contribution is 6.01. The van der Waals surface area contributed by atoms with E-state index in [1.54, 1.807) is 4.90 Å². The maximum absolute atomic E-state index is 14.4. The van der Waals surface area contributed by atoms with Gasteiger partial charge in [0.25, 0.3) is 5.91 Å². The first kappa shape index (κ1) is 24.3. The van der Waals surface area contributed by atoms with Gasteiger partial charge in [0.1, 0.15) is 12.2 Å². The first-order valence-electron chi connectivity index (χ1n) is 12.9. The fraction of sp³-hybridized carbons (Fsp3) is 0.630. The van der Waals surface area contributed by atoms with Gasteiger partial charge in [0.15, 0.2) is 0 Å². The van der Waals surface area contributed by atoms with Crippen LogP contribution in [-0.2, 0) is 17.8 Å². The Morgan fingerprint density at radius 2 is 1.89 bits per heavy atom. The molecule has 35 heavy (non-hydrogen) atoms. The summed E-state index contributed by atoms with van der Waals surface area (Å²) in [4.78, 5) is 27.1. The van der Waals surface area contributed by atoms with Gasteiger partial charge in [-0.05, 0) is 74.5 Å². The smallest absolute Gasteiger partial charge is 0.255 e. The van der Waals surface area contributed by atoms with Crippen LogP contribution in [-0.4, -0.2) is 46.9 Å². The molecule has 2 aliphatic heterocycles. The van der Waals surface area contributed by atoms with Gasteiger partial charge in [0.2, 0.25) is 11.8 Å². The summed E-state index contributed by atoms with van der Waals surface area (Å²) in [5.74, 6) is -2.80. The normalized spacial score (nSPS) is 31.4. The molecular weight excluding hydrogens is 455 g/mol. The predicted molar refractivity (Wildman–Crippen MR) is 127 cm³/mol. The van der Waals surface area contributed by atoms with Crippen LogP contribution in [0.2, 0.25) is 0 Å². The molecule has 4 aliphatic rings. The van der Waals surface area contributed by atoms with E-state index in [2.05, 4.69) is 17.2 Å². The minimum Gasteiger partial charge on any atom is -0.329 e. The van der Waals surface area contributed by atoms with Crippen molar-refractivity contribution in [3.63, 3.8) is 0 Å². The van der Waals surface area contributed by atoms with Crippen molar-refractivity contribution in [2.75, 3.05) is 0 Å². The first-order chi connectivity index (χ1) is 16.7. The molecule has 2 N–H and O–H groups in total. The van der Waals surface area contributed by atoms with Crippen LogP contribution in [0, 0.1) is 5.92 Å². The average molecular weight is 490 g/mol. The second-order valence-corrected chi connectivity index (χ2v) is 10.8. The number of carbonyl (C=O) groups excluding carboxylic acids is 2. The summed E-state index contributed by atoms with van der Waals surface area (Å²) in [6, 6.07) is 5.45. The van der Waals surface area contributed by atoms with Crippen molar-refractivity contribution in [3.8, 4) is 0 Å². The number of hydrogen-bond donors (Lipinski definition) is 2. The number of carbonyl (C=O) groups is 2. The minimum atomic E-state index is -2.56. The van der Waals surface area contributed by atoms with Crippen LogP contribution in [0.5, 0.6) is 0 Å². The fourth-order valence-corrected chi connectivity index (χ4v) is 6.30. The van der Waals surface area contributed by atoms with E-state index in [1.807, 2.05) is 18.2 Å². The molecule has 8 heteroatoms.